The lowest BCUT2D eigenvalue weighted by atomic mass is 10.0. The first-order chi connectivity index (χ1) is 39.9. The first kappa shape index (κ1) is 63.6. The number of nitrogens with zero attached hydrogens (tertiary/aromatic N) is 9. The second kappa shape index (κ2) is 24.9. The van der Waals surface area contributed by atoms with Crippen LogP contribution in [0.1, 0.15) is 68.6 Å². The van der Waals surface area contributed by atoms with Crippen molar-refractivity contribution in [1.29, 1.82) is 0 Å². The Morgan fingerprint density at radius 2 is 0.953 bits per heavy atom. The van der Waals surface area contributed by atoms with Crippen LogP contribution < -0.4 is 45.3 Å². The van der Waals surface area contributed by atoms with Gasteiger partial charge < -0.3 is 92.3 Å². The van der Waals surface area contributed by atoms with E-state index in [2.05, 4.69) is 51.7 Å². The van der Waals surface area contributed by atoms with Gasteiger partial charge in [0.15, 0.2) is 22.3 Å². The number of aromatic amines is 3. The number of nitrogens with one attached hydrogen (secondary N) is 3. The van der Waals surface area contributed by atoms with E-state index in [-0.39, 0.29) is 77.4 Å². The second-order valence-electron chi connectivity index (χ2n) is 20.0. The summed E-state index contributed by atoms with van der Waals surface area (Å²) in [4.78, 5) is 146. The van der Waals surface area contributed by atoms with E-state index >= 15 is 0 Å². The van der Waals surface area contributed by atoms with Gasteiger partial charge in [0.2, 0.25) is 11.9 Å². The number of imidazole rings is 2. The summed E-state index contributed by atoms with van der Waals surface area (Å²) in [5, 5.41) is 0. The topological polar surface area (TPSA) is 498 Å². The van der Waals surface area contributed by atoms with E-state index in [9.17, 15) is 48.4 Å². The van der Waals surface area contributed by atoms with Crippen LogP contribution in [0.2, 0.25) is 0 Å². The van der Waals surface area contributed by atoms with Crippen molar-refractivity contribution >= 4 is 114 Å². The molecule has 4 saturated heterocycles. The summed E-state index contributed by atoms with van der Waals surface area (Å²) in [5.74, 6) is -0.582. The molecule has 4 aliphatic heterocycles. The van der Waals surface area contributed by atoms with Crippen LogP contribution in [0.15, 0.2) is 49.0 Å². The summed E-state index contributed by atoms with van der Waals surface area (Å²) < 4.78 is 70.5. The highest BCUT2D eigenvalue weighted by Crippen LogP contribution is 2.54. The number of rotatable bonds is 22. The Kier molecular flexibility index (Phi) is 18.6. The second-order valence-corrected chi connectivity index (χ2v) is 31.0. The molecule has 44 heteroatoms. The molecule has 0 bridgehead atoms. The first-order valence-corrected chi connectivity index (χ1v) is 35.7. The summed E-state index contributed by atoms with van der Waals surface area (Å²) in [6.07, 6.45) is -7.37. The smallest absolute Gasteiger partial charge is 0.351 e. The van der Waals surface area contributed by atoms with Gasteiger partial charge in [-0.3, -0.25) is 47.6 Å². The number of hydrogen-bond donors (Lipinski definition) is 11. The first-order valence-electron chi connectivity index (χ1n) is 25.3. The minimum absolute atomic E-state index is 0.0157. The number of anilines is 3. The lowest BCUT2D eigenvalue weighted by Crippen LogP contribution is -2.33. The van der Waals surface area contributed by atoms with E-state index in [4.69, 9.17) is 103 Å². The molecule has 4 aliphatic rings. The highest BCUT2D eigenvalue weighted by Gasteiger charge is 2.47. The highest BCUT2D eigenvalue weighted by atomic mass is 32.5. The Hall–Kier alpha value is -4.38. The third kappa shape index (κ3) is 14.7. The van der Waals surface area contributed by atoms with Crippen molar-refractivity contribution in [1.82, 2.24) is 58.1 Å². The average Bonchev–Trinajstić information content (AvgIpc) is 1.99. The van der Waals surface area contributed by atoms with Crippen LogP contribution >= 0.6 is 26.9 Å². The number of H-pyrrole nitrogens is 3. The molecule has 0 aliphatic carbocycles. The van der Waals surface area contributed by atoms with Crippen molar-refractivity contribution < 1.29 is 75.1 Å². The Morgan fingerprint density at radius 1 is 0.553 bits per heavy atom. The summed E-state index contributed by atoms with van der Waals surface area (Å²) >= 11 is 21.1. The number of nitrogen functional groups attached to an aromatic ring is 3. The lowest BCUT2D eigenvalue weighted by Gasteiger charge is -2.28. The van der Waals surface area contributed by atoms with Gasteiger partial charge in [0.1, 0.15) is 49.0 Å². The molecule has 0 spiro atoms. The summed E-state index contributed by atoms with van der Waals surface area (Å²) in [5.41, 5.74) is 14.6. The fourth-order valence-electron chi connectivity index (χ4n) is 9.81. The third-order valence-electron chi connectivity index (χ3n) is 14.0. The monoisotopic (exact) mass is 1350 g/mol. The lowest BCUT2D eigenvalue weighted by molar-refractivity contribution is -0.0546. The van der Waals surface area contributed by atoms with Crippen molar-refractivity contribution in [3.8, 4) is 0 Å². The predicted octanol–water partition coefficient (Wildman–Crippen LogP) is -0.709. The quantitative estimate of drug-likeness (QED) is 0.0374. The molecule has 6 aromatic rings. The Labute approximate surface area is 496 Å². The van der Waals surface area contributed by atoms with Gasteiger partial charge in [-0.25, -0.2) is 19.6 Å². The van der Waals surface area contributed by atoms with Crippen LogP contribution in [0.5, 0.6) is 0 Å². The largest absolute Gasteiger partial charge is 0.383 e. The molecule has 85 heavy (non-hydrogen) atoms. The van der Waals surface area contributed by atoms with E-state index in [1.54, 1.807) is 11.5 Å². The molecule has 0 saturated carbocycles. The van der Waals surface area contributed by atoms with Crippen LogP contribution in [-0.4, -0.2) is 152 Å². The van der Waals surface area contributed by atoms with Gasteiger partial charge in [-0.1, -0.05) is 6.92 Å². The zero-order valence-corrected chi connectivity index (χ0v) is 51.2. The molecule has 464 valence electrons. The maximum Gasteiger partial charge on any atom is 0.351 e. The van der Waals surface area contributed by atoms with Gasteiger partial charge in [0.25, 0.3) is 16.7 Å². The number of hydrogen-bond acceptors (Lipinski definition) is 28. The van der Waals surface area contributed by atoms with Gasteiger partial charge >= 0.3 is 38.3 Å². The van der Waals surface area contributed by atoms with Crippen molar-refractivity contribution in [3.63, 3.8) is 0 Å². The van der Waals surface area contributed by atoms with E-state index in [0.29, 0.717) is 12.0 Å². The molecule has 3 unspecified atom stereocenters. The fraction of sp³-hybridized carbons (Fsp3) is 0.561. The molecule has 10 heterocycles. The fourth-order valence-corrected chi connectivity index (χ4v) is 14.8. The zero-order chi connectivity index (χ0) is 61.2. The molecular weight excluding hydrogens is 1290 g/mol. The van der Waals surface area contributed by atoms with E-state index in [1.165, 1.54) is 36.5 Å². The van der Waals surface area contributed by atoms with Crippen LogP contribution in [0.4, 0.5) is 17.7 Å². The van der Waals surface area contributed by atoms with Crippen LogP contribution in [0, 0.1) is 19.8 Å². The van der Waals surface area contributed by atoms with Crippen molar-refractivity contribution in [2.24, 2.45) is 5.92 Å². The van der Waals surface area contributed by atoms with Gasteiger partial charge in [-0.05, 0) is 73.4 Å². The summed E-state index contributed by atoms with van der Waals surface area (Å²) in [6.45, 7) is -14.7. The van der Waals surface area contributed by atoms with Crippen LogP contribution in [0.25, 0.3) is 22.3 Å². The van der Waals surface area contributed by atoms with Crippen molar-refractivity contribution in [3.05, 3.63) is 88.2 Å². The molecule has 0 radical (unpaired) electrons. The maximum absolute atomic E-state index is 13.1. The summed E-state index contributed by atoms with van der Waals surface area (Å²) in [7, 11) is 0. The third-order valence-corrected chi connectivity index (χ3v) is 19.5. The predicted molar refractivity (Wildman–Crippen MR) is 309 cm³/mol. The summed E-state index contributed by atoms with van der Waals surface area (Å²) in [6, 6.07) is 0. The van der Waals surface area contributed by atoms with Gasteiger partial charge in [-0.2, -0.15) is 15.0 Å². The minimum Gasteiger partial charge on any atom is -0.383 e. The average molecular weight is 1350 g/mol. The van der Waals surface area contributed by atoms with Gasteiger partial charge in [0, 0.05) is 42.8 Å². The number of aryl methyl sites for hydroxylation is 2. The van der Waals surface area contributed by atoms with E-state index in [0.717, 1.165) is 9.13 Å². The Morgan fingerprint density at radius 3 is 1.42 bits per heavy atom. The minimum atomic E-state index is -4.51. The number of ether oxygens (including phenoxy) is 4. The standard InChI is InChI=1S/C41H55N15O21P4S4/c1-16-4-26(55-14-45-30-33(55)48-38(43)50-36(30)58)71-22(16)10-68-79(64,83)77-21-7-29(56-15-46-31-34(56)49-39(44)51-37(31)59)74-25(21)13-70-81(66,85)76-20-6-28(54-9-18(3)35(57)52-41(54)61)73-24(20)12-69-80(65,84)75-19-5-27(72-23(19)11-67-78(62,63)82)53-8-17(2)32(42)47-40(53)60/h8-9,14-16,19-29H,4-7,10-13H2,1-3H3,(H,64,83)(H,65,84)(H,66,85)(H2,42,47,60)(H,52,57,61)(H2,62,63,82)(H3,43,48,50,58)(H3,44,49,51,59)/t16-,19-,20-,21-,22+,23+,24+,25+,26+,27+,28+,29+,79?,80?,81?/m0/s1. The maximum atomic E-state index is 13.1. The molecule has 15 atom stereocenters. The normalized spacial score (nSPS) is 28.5. The number of nitrogens with two attached hydrogens (primary N) is 3. The molecule has 0 amide bonds. The van der Waals surface area contributed by atoms with Crippen LogP contribution in [0.3, 0.4) is 0 Å². The van der Waals surface area contributed by atoms with Crippen LogP contribution in [-0.2, 0) is 97.8 Å². The molecule has 36 nitrogen and oxygen atoms in total. The molecule has 10 rings (SSSR count). The number of aromatic nitrogens is 12. The Bertz CT molecular complexity index is 4050. The molecule has 6 aromatic heterocycles. The molecule has 4 fully saturated rings. The molecule has 0 aromatic carbocycles. The van der Waals surface area contributed by atoms with Crippen molar-refractivity contribution in [2.45, 2.75) is 114 Å². The number of fused-ring (bicyclic) bond motifs is 2. The highest BCUT2D eigenvalue weighted by molar-refractivity contribution is 8.08. The molecule has 14 N–H and O–H groups in total. The SMILES string of the molecule is Cc1cn([C@H]2C[C@H](OP(O)(=S)OC[C@H]3O[C@@H](n4cc(C)c(=O)[nH]c4=O)C[C@@H]3OP(O)(=S)OC[C@H]3O[C@@H](n4cnc5c(=O)[nH]c(N)nc54)C[C@@H]3OP(O)(=S)OC[C@H]3O[C@@H](n4cnc5c(=O)[nH]c(N)nc54)C[C@@H]3C)[C@@H](COP(O)(O)=S)O2)c(=O)nc1N. The van der Waals surface area contributed by atoms with Crippen molar-refractivity contribution in [2.75, 3.05) is 43.6 Å². The van der Waals surface area contributed by atoms with E-state index in [1.807, 2.05) is 6.92 Å². The van der Waals surface area contributed by atoms with E-state index < -0.39 is 142 Å². The zero-order valence-electron chi connectivity index (χ0n) is 44.3. The van der Waals surface area contributed by atoms with Gasteiger partial charge in [0.05, 0.1) is 63.5 Å². The van der Waals surface area contributed by atoms with Gasteiger partial charge in [-0.15, -0.1) is 0 Å². The molecular formula is C41H55N15O21P4S4. The Balaban J connectivity index is 0.845.